The fourth-order valence-electron chi connectivity index (χ4n) is 5.56. The van der Waals surface area contributed by atoms with Crippen LogP contribution in [-0.2, 0) is 24.0 Å². The van der Waals surface area contributed by atoms with Crippen LogP contribution in [0.3, 0.4) is 0 Å². The van der Waals surface area contributed by atoms with Gasteiger partial charge in [-0.2, -0.15) is 0 Å². The number of nitrogens with two attached hydrogens (primary N) is 1. The van der Waals surface area contributed by atoms with E-state index >= 15 is 0 Å². The minimum Gasteiger partial charge on any atom is -0.481 e. The van der Waals surface area contributed by atoms with Crippen molar-refractivity contribution < 1.29 is 34.2 Å². The molecule has 0 fully saturated rings. The van der Waals surface area contributed by atoms with Crippen LogP contribution in [0.2, 0.25) is 0 Å². The van der Waals surface area contributed by atoms with Gasteiger partial charge in [-0.1, -0.05) is 117 Å². The summed E-state index contributed by atoms with van der Waals surface area (Å²) in [6, 6.07) is -2.60. The highest BCUT2D eigenvalue weighted by Gasteiger charge is 2.36. The normalized spacial score (nSPS) is 12.4. The number of aliphatic carboxylic acids is 2. The first-order chi connectivity index (χ1) is 21.7. The lowest BCUT2D eigenvalue weighted by Gasteiger charge is -2.30. The predicted octanol–water partition coefficient (Wildman–Crippen LogP) is 7.12. The summed E-state index contributed by atoms with van der Waals surface area (Å²) in [6.45, 7) is 4.76. The maximum absolute atomic E-state index is 13.5. The third kappa shape index (κ3) is 22.6. The Kier molecular flexibility index (Phi) is 27.3. The monoisotopic (exact) mass is 639 g/mol. The molecule has 262 valence electrons. The molecule has 5 N–H and O–H groups in total. The molecule has 0 saturated heterocycles. The molecule has 0 aliphatic carbocycles. The molecule has 0 aromatic carbocycles. The quantitative estimate of drug-likeness (QED) is 0.0582. The minimum absolute atomic E-state index is 0.0784. The Labute approximate surface area is 272 Å². The van der Waals surface area contributed by atoms with Gasteiger partial charge in [-0.15, -0.1) is 0 Å². The Hall–Kier alpha value is -2.49. The van der Waals surface area contributed by atoms with Crippen molar-refractivity contribution in [3.63, 3.8) is 0 Å². The van der Waals surface area contributed by atoms with E-state index in [1.165, 1.54) is 51.4 Å². The summed E-state index contributed by atoms with van der Waals surface area (Å²) in [4.78, 5) is 64.8. The molecular formula is C35H65N3O7. The van der Waals surface area contributed by atoms with Crippen LogP contribution < -0.4 is 11.1 Å². The molecule has 0 bridgehead atoms. The van der Waals surface area contributed by atoms with E-state index in [4.69, 9.17) is 5.73 Å². The van der Waals surface area contributed by atoms with Gasteiger partial charge in [0.05, 0.1) is 0 Å². The summed E-state index contributed by atoms with van der Waals surface area (Å²) >= 11 is 0. The molecule has 0 aromatic rings. The summed E-state index contributed by atoms with van der Waals surface area (Å²) in [5.74, 6) is -4.20. The van der Waals surface area contributed by atoms with Crippen molar-refractivity contribution >= 4 is 29.7 Å². The standard InChI is InChI=1S/C35H65N3O7/c1-3-5-7-9-11-13-15-17-19-24-31(39)38(32(40)25-20-18-16-14-12-10-8-6-4-2)30(26-27-33(41)42)34(43)37-29(35(44)45)23-21-22-28-36/h29-30H,3-28,36H2,1-2H3,(H,37,43)(H,41,42)(H,44,45). The van der Waals surface area contributed by atoms with Gasteiger partial charge in [0.2, 0.25) is 17.7 Å². The summed E-state index contributed by atoms with van der Waals surface area (Å²) < 4.78 is 0. The Morgan fingerprint density at radius 1 is 0.578 bits per heavy atom. The number of carbonyl (C=O) groups excluding carboxylic acids is 3. The van der Waals surface area contributed by atoms with Crippen LogP contribution in [0.15, 0.2) is 0 Å². The fourth-order valence-corrected chi connectivity index (χ4v) is 5.56. The summed E-state index contributed by atoms with van der Waals surface area (Å²) in [7, 11) is 0. The number of amides is 3. The molecular weight excluding hydrogens is 574 g/mol. The Bertz CT molecular complexity index is 787. The lowest BCUT2D eigenvalue weighted by atomic mass is 10.0. The third-order valence-corrected chi connectivity index (χ3v) is 8.33. The van der Waals surface area contributed by atoms with Crippen molar-refractivity contribution in [1.29, 1.82) is 0 Å². The highest BCUT2D eigenvalue weighted by molar-refractivity contribution is 6.01. The van der Waals surface area contributed by atoms with Gasteiger partial charge in [-0.05, 0) is 45.1 Å². The zero-order chi connectivity index (χ0) is 33.7. The van der Waals surface area contributed by atoms with E-state index in [1.807, 2.05) is 0 Å². The molecule has 2 unspecified atom stereocenters. The maximum atomic E-state index is 13.5. The highest BCUT2D eigenvalue weighted by Crippen LogP contribution is 2.18. The molecule has 3 amide bonds. The van der Waals surface area contributed by atoms with E-state index in [0.717, 1.165) is 56.3 Å². The van der Waals surface area contributed by atoms with Crippen LogP contribution in [-0.4, -0.2) is 63.4 Å². The van der Waals surface area contributed by atoms with Crippen LogP contribution in [0.25, 0.3) is 0 Å². The number of nitrogens with one attached hydrogen (secondary N) is 1. The molecule has 10 heteroatoms. The summed E-state index contributed by atoms with van der Waals surface area (Å²) in [5.41, 5.74) is 5.52. The number of unbranched alkanes of at least 4 members (excludes halogenated alkanes) is 17. The second kappa shape index (κ2) is 28.9. The van der Waals surface area contributed by atoms with Gasteiger partial charge in [-0.3, -0.25) is 24.1 Å². The van der Waals surface area contributed by atoms with Crippen molar-refractivity contribution in [3.05, 3.63) is 0 Å². The van der Waals surface area contributed by atoms with Gasteiger partial charge in [0, 0.05) is 19.3 Å². The summed E-state index contributed by atoms with van der Waals surface area (Å²) in [5, 5.41) is 21.5. The molecule has 0 aliphatic heterocycles. The molecule has 10 nitrogen and oxygen atoms in total. The molecule has 0 radical (unpaired) electrons. The lowest BCUT2D eigenvalue weighted by Crippen LogP contribution is -2.55. The average Bonchev–Trinajstić information content (AvgIpc) is 3.00. The average molecular weight is 640 g/mol. The molecule has 2 atom stereocenters. The zero-order valence-electron chi connectivity index (χ0n) is 28.5. The minimum atomic E-state index is -1.38. The van der Waals surface area contributed by atoms with Gasteiger partial charge in [0.25, 0.3) is 0 Å². The van der Waals surface area contributed by atoms with Crippen molar-refractivity contribution in [2.24, 2.45) is 5.73 Å². The van der Waals surface area contributed by atoms with Crippen molar-refractivity contribution in [2.45, 2.75) is 186 Å². The lowest BCUT2D eigenvalue weighted by molar-refractivity contribution is -0.154. The van der Waals surface area contributed by atoms with E-state index in [9.17, 15) is 34.2 Å². The number of rotatable bonds is 31. The van der Waals surface area contributed by atoms with Crippen molar-refractivity contribution in [1.82, 2.24) is 10.2 Å². The van der Waals surface area contributed by atoms with Crippen LogP contribution >= 0.6 is 0 Å². The first kappa shape index (κ1) is 42.5. The van der Waals surface area contributed by atoms with Gasteiger partial charge in [0.1, 0.15) is 12.1 Å². The highest BCUT2D eigenvalue weighted by atomic mass is 16.4. The first-order valence-corrected chi connectivity index (χ1v) is 18.0. The molecule has 0 heterocycles. The largest absolute Gasteiger partial charge is 0.481 e. The molecule has 0 aromatic heterocycles. The number of nitrogens with zero attached hydrogens (tertiary/aromatic N) is 1. The molecule has 45 heavy (non-hydrogen) atoms. The smallest absolute Gasteiger partial charge is 0.326 e. The van der Waals surface area contributed by atoms with Crippen LogP contribution in [0, 0.1) is 0 Å². The van der Waals surface area contributed by atoms with Crippen LogP contribution in [0.1, 0.15) is 174 Å². The first-order valence-electron chi connectivity index (χ1n) is 18.0. The van der Waals surface area contributed by atoms with Crippen molar-refractivity contribution in [3.8, 4) is 0 Å². The predicted molar refractivity (Wildman–Crippen MR) is 179 cm³/mol. The maximum Gasteiger partial charge on any atom is 0.326 e. The van der Waals surface area contributed by atoms with E-state index in [1.54, 1.807) is 0 Å². The third-order valence-electron chi connectivity index (χ3n) is 8.33. The van der Waals surface area contributed by atoms with E-state index in [0.29, 0.717) is 32.2 Å². The molecule has 0 aliphatic rings. The van der Waals surface area contributed by atoms with E-state index < -0.39 is 48.2 Å². The summed E-state index contributed by atoms with van der Waals surface area (Å²) in [6.07, 6.45) is 19.7. The van der Waals surface area contributed by atoms with Gasteiger partial charge in [0.15, 0.2) is 0 Å². The molecule has 0 rings (SSSR count). The number of carboxylic acid groups (broad SMARTS) is 2. The second-order valence-electron chi connectivity index (χ2n) is 12.4. The molecule has 0 saturated carbocycles. The van der Waals surface area contributed by atoms with Gasteiger partial charge in [-0.25, -0.2) is 4.79 Å². The van der Waals surface area contributed by atoms with Gasteiger partial charge >= 0.3 is 11.9 Å². The second-order valence-corrected chi connectivity index (χ2v) is 12.4. The van der Waals surface area contributed by atoms with E-state index in [-0.39, 0.29) is 25.7 Å². The number of hydrogen-bond acceptors (Lipinski definition) is 6. The number of hydrogen-bond donors (Lipinski definition) is 4. The van der Waals surface area contributed by atoms with Crippen molar-refractivity contribution in [2.75, 3.05) is 6.54 Å². The Balaban J connectivity index is 5.49. The van der Waals surface area contributed by atoms with Gasteiger partial charge < -0.3 is 21.3 Å². The van der Waals surface area contributed by atoms with Crippen LogP contribution in [0.4, 0.5) is 0 Å². The Morgan fingerprint density at radius 2 is 1.00 bits per heavy atom. The molecule has 0 spiro atoms. The van der Waals surface area contributed by atoms with Crippen LogP contribution in [0.5, 0.6) is 0 Å². The zero-order valence-corrected chi connectivity index (χ0v) is 28.5. The topological polar surface area (TPSA) is 167 Å². The number of imide groups is 1. The number of carbonyl (C=O) groups is 5. The van der Waals surface area contributed by atoms with E-state index in [2.05, 4.69) is 19.2 Å². The number of carboxylic acids is 2. The SMILES string of the molecule is CCCCCCCCCCCC(=O)N(C(=O)CCCCCCCCCCC)C(CCC(=O)O)C(=O)NC(CCCCN)C(=O)O. The Morgan fingerprint density at radius 3 is 1.38 bits per heavy atom. The fraction of sp³-hybridized carbons (Fsp3) is 0.857.